The van der Waals surface area contributed by atoms with Gasteiger partial charge >= 0.3 is 12.3 Å². The maximum atomic E-state index is 12.6. The summed E-state index contributed by atoms with van der Waals surface area (Å²) in [5.41, 5.74) is 0.793. The molecule has 1 aromatic heterocycles. The van der Waals surface area contributed by atoms with Gasteiger partial charge in [-0.25, -0.2) is 9.79 Å². The highest BCUT2D eigenvalue weighted by atomic mass is 35.5. The lowest BCUT2D eigenvalue weighted by molar-refractivity contribution is -0.118. The zero-order valence-electron chi connectivity index (χ0n) is 13.7. The summed E-state index contributed by atoms with van der Waals surface area (Å²) in [6.45, 7) is 0.143. The number of likely N-dealkylation sites (tertiary alicyclic amines) is 1. The van der Waals surface area contributed by atoms with E-state index in [-0.39, 0.29) is 5.92 Å². The van der Waals surface area contributed by atoms with Crippen LogP contribution in [0.25, 0.3) is 10.2 Å². The van der Waals surface area contributed by atoms with Gasteiger partial charge in [0.25, 0.3) is 0 Å². The van der Waals surface area contributed by atoms with Crippen LogP contribution in [0.2, 0.25) is 5.02 Å². The Morgan fingerprint density at radius 1 is 1.35 bits per heavy atom. The number of amides is 1. The predicted octanol–water partition coefficient (Wildman–Crippen LogP) is 4.21. The molecule has 2 aromatic rings. The molecule has 0 atom stereocenters. The van der Waals surface area contributed by atoms with Gasteiger partial charge in [0.05, 0.1) is 10.2 Å². The highest BCUT2D eigenvalue weighted by molar-refractivity contribution is 7.16. The largest absolute Gasteiger partial charge is 0.465 e. The lowest BCUT2D eigenvalue weighted by atomic mass is 9.97. The van der Waals surface area contributed by atoms with Gasteiger partial charge in [-0.2, -0.15) is 13.2 Å². The number of carbonyl (C=O) groups is 1. The summed E-state index contributed by atoms with van der Waals surface area (Å²) in [6.07, 6.45) is -3.96. The molecule has 0 radical (unpaired) electrons. The number of hydrogen-bond acceptors (Lipinski definition) is 3. The molecular formula is C16H17ClF3N3O2S. The number of thiazole rings is 1. The molecule has 5 nitrogen and oxygen atoms in total. The Bertz CT molecular complexity index is 870. The normalized spacial score (nSPS) is 17.2. The van der Waals surface area contributed by atoms with Crippen LogP contribution in [0.15, 0.2) is 23.2 Å². The predicted molar refractivity (Wildman–Crippen MR) is 93.6 cm³/mol. The van der Waals surface area contributed by atoms with Crippen LogP contribution < -0.4 is 4.80 Å². The number of halogens is 4. The van der Waals surface area contributed by atoms with Gasteiger partial charge < -0.3 is 14.6 Å². The van der Waals surface area contributed by atoms with Crippen LogP contribution in [0, 0.1) is 5.92 Å². The molecule has 1 fully saturated rings. The Kier molecular flexibility index (Phi) is 5.47. The molecule has 1 N–H and O–H groups in total. The average molecular weight is 408 g/mol. The van der Waals surface area contributed by atoms with Crippen LogP contribution in [0.3, 0.4) is 0 Å². The SMILES string of the molecule is O=C(O)N1CCC(Cn2/c(=N/CC(F)(F)F)sc3cc(Cl)ccc32)CC1. The third-order valence-corrected chi connectivity index (χ3v) is 5.68. The monoisotopic (exact) mass is 407 g/mol. The standard InChI is InChI=1S/C16H17ClF3N3O2S/c17-11-1-2-12-13(7-11)26-14(21-9-16(18,19)20)23(12)8-10-3-5-22(6-4-10)15(24)25/h1-2,7,10H,3-6,8-9H2,(H,24,25)/b21-14-. The second kappa shape index (κ2) is 7.48. The lowest BCUT2D eigenvalue weighted by Gasteiger charge is -2.30. The van der Waals surface area contributed by atoms with Crippen LogP contribution in [0.4, 0.5) is 18.0 Å². The molecule has 3 rings (SSSR count). The van der Waals surface area contributed by atoms with Crippen molar-refractivity contribution in [2.75, 3.05) is 19.6 Å². The van der Waals surface area contributed by atoms with Crippen LogP contribution in [-0.4, -0.2) is 46.5 Å². The lowest BCUT2D eigenvalue weighted by Crippen LogP contribution is -2.39. The molecule has 1 aliphatic rings. The maximum Gasteiger partial charge on any atom is 0.408 e. The molecule has 0 spiro atoms. The highest BCUT2D eigenvalue weighted by Gasteiger charge is 2.27. The van der Waals surface area contributed by atoms with Gasteiger partial charge in [0.1, 0.15) is 6.54 Å². The Hall–Kier alpha value is -1.74. The van der Waals surface area contributed by atoms with Crippen LogP contribution in [-0.2, 0) is 6.54 Å². The molecular weight excluding hydrogens is 391 g/mol. The van der Waals surface area contributed by atoms with E-state index >= 15 is 0 Å². The fourth-order valence-electron chi connectivity index (χ4n) is 3.07. The minimum atomic E-state index is -4.36. The zero-order valence-corrected chi connectivity index (χ0v) is 15.2. The smallest absolute Gasteiger partial charge is 0.408 e. The molecule has 1 aromatic carbocycles. The number of carboxylic acid groups (broad SMARTS) is 1. The van der Waals surface area contributed by atoms with Crippen molar-refractivity contribution in [3.8, 4) is 0 Å². The van der Waals surface area contributed by atoms with Gasteiger partial charge in [-0.15, -0.1) is 0 Å². The van der Waals surface area contributed by atoms with Crippen molar-refractivity contribution in [1.29, 1.82) is 0 Å². The molecule has 10 heteroatoms. The van der Waals surface area contributed by atoms with Crippen LogP contribution >= 0.6 is 22.9 Å². The summed E-state index contributed by atoms with van der Waals surface area (Å²) in [5.74, 6) is 0.184. The van der Waals surface area contributed by atoms with E-state index in [0.717, 1.165) is 10.2 Å². The van der Waals surface area contributed by atoms with Crippen molar-refractivity contribution in [1.82, 2.24) is 9.47 Å². The molecule has 142 valence electrons. The Morgan fingerprint density at radius 2 is 2.04 bits per heavy atom. The summed E-state index contributed by atoms with van der Waals surface area (Å²) in [5, 5.41) is 9.54. The first kappa shape index (κ1) is 19.0. The molecule has 1 saturated heterocycles. The fourth-order valence-corrected chi connectivity index (χ4v) is 4.38. The number of piperidine rings is 1. The first-order valence-corrected chi connectivity index (χ1v) is 9.26. The first-order chi connectivity index (χ1) is 12.2. The van der Waals surface area contributed by atoms with Crippen molar-refractivity contribution in [2.24, 2.45) is 10.9 Å². The molecule has 0 aliphatic carbocycles. The van der Waals surface area contributed by atoms with E-state index in [9.17, 15) is 18.0 Å². The number of fused-ring (bicyclic) bond motifs is 1. The summed E-state index contributed by atoms with van der Waals surface area (Å²) >= 11 is 7.17. The van der Waals surface area contributed by atoms with Crippen LogP contribution in [0.5, 0.6) is 0 Å². The quantitative estimate of drug-likeness (QED) is 0.828. The minimum absolute atomic E-state index is 0.184. The molecule has 2 heterocycles. The average Bonchev–Trinajstić information content (AvgIpc) is 2.89. The number of hydrogen-bond donors (Lipinski definition) is 1. The van der Waals surface area contributed by atoms with Crippen LogP contribution in [0.1, 0.15) is 12.8 Å². The van der Waals surface area contributed by atoms with E-state index < -0.39 is 18.8 Å². The van der Waals surface area contributed by atoms with E-state index in [4.69, 9.17) is 16.7 Å². The highest BCUT2D eigenvalue weighted by Crippen LogP contribution is 2.25. The summed E-state index contributed by atoms with van der Waals surface area (Å²) in [7, 11) is 0. The zero-order chi connectivity index (χ0) is 18.9. The first-order valence-electron chi connectivity index (χ1n) is 8.07. The van der Waals surface area contributed by atoms with Crippen molar-refractivity contribution < 1.29 is 23.1 Å². The van der Waals surface area contributed by atoms with Gasteiger partial charge in [0.2, 0.25) is 0 Å². The van der Waals surface area contributed by atoms with Crippen molar-refractivity contribution in [3.63, 3.8) is 0 Å². The minimum Gasteiger partial charge on any atom is -0.465 e. The third-order valence-electron chi connectivity index (χ3n) is 4.36. The molecule has 0 bridgehead atoms. The number of nitrogens with zero attached hydrogens (tertiary/aromatic N) is 3. The van der Waals surface area contributed by atoms with Gasteiger partial charge in [-0.1, -0.05) is 22.9 Å². The maximum absolute atomic E-state index is 12.6. The van der Waals surface area contributed by atoms with Gasteiger partial charge in [-0.3, -0.25) is 0 Å². The van der Waals surface area contributed by atoms with Gasteiger partial charge in [-0.05, 0) is 37.0 Å². The van der Waals surface area contributed by atoms with E-state index in [1.165, 1.54) is 16.2 Å². The van der Waals surface area contributed by atoms with Gasteiger partial charge in [0.15, 0.2) is 4.80 Å². The second-order valence-corrected chi connectivity index (χ2v) is 7.70. The second-order valence-electron chi connectivity index (χ2n) is 6.25. The molecule has 0 unspecified atom stereocenters. The van der Waals surface area contributed by atoms with E-state index in [1.54, 1.807) is 22.8 Å². The Labute approximate surface area is 156 Å². The molecule has 26 heavy (non-hydrogen) atoms. The van der Waals surface area contributed by atoms with Crippen molar-refractivity contribution in [2.45, 2.75) is 25.6 Å². The van der Waals surface area contributed by atoms with Crippen molar-refractivity contribution >= 4 is 39.2 Å². The fraction of sp³-hybridized carbons (Fsp3) is 0.500. The summed E-state index contributed by atoms with van der Waals surface area (Å²) < 4.78 is 40.3. The number of rotatable bonds is 3. The van der Waals surface area contributed by atoms with E-state index in [2.05, 4.69) is 4.99 Å². The van der Waals surface area contributed by atoms with E-state index in [0.29, 0.717) is 42.3 Å². The molecule has 1 aliphatic heterocycles. The molecule has 1 amide bonds. The third kappa shape index (κ3) is 4.50. The molecule has 0 saturated carbocycles. The van der Waals surface area contributed by atoms with Crippen molar-refractivity contribution in [3.05, 3.63) is 28.0 Å². The summed E-state index contributed by atoms with van der Waals surface area (Å²) in [4.78, 5) is 16.4. The number of alkyl halides is 3. The summed E-state index contributed by atoms with van der Waals surface area (Å²) in [6, 6.07) is 5.21. The number of benzene rings is 1. The van der Waals surface area contributed by atoms with Gasteiger partial charge in [0, 0.05) is 24.7 Å². The topological polar surface area (TPSA) is 57.8 Å². The Morgan fingerprint density at radius 3 is 2.65 bits per heavy atom. The Balaban J connectivity index is 1.89. The number of aromatic nitrogens is 1. The van der Waals surface area contributed by atoms with E-state index in [1.807, 2.05) is 0 Å².